The summed E-state index contributed by atoms with van der Waals surface area (Å²) in [4.78, 5) is 22.9. The lowest BCUT2D eigenvalue weighted by atomic mass is 10.1. The number of nitrogens with one attached hydrogen (secondary N) is 2. The Hall–Kier alpha value is -1.91. The van der Waals surface area contributed by atoms with Crippen molar-refractivity contribution in [3.63, 3.8) is 0 Å². The third-order valence-electron chi connectivity index (χ3n) is 2.91. The summed E-state index contributed by atoms with van der Waals surface area (Å²) in [5, 5.41) is 5.47. The zero-order valence-electron chi connectivity index (χ0n) is 10.1. The molecule has 1 atom stereocenters. The maximum absolute atomic E-state index is 13.2. The van der Waals surface area contributed by atoms with Gasteiger partial charge in [0.1, 0.15) is 5.82 Å². The van der Waals surface area contributed by atoms with E-state index in [0.29, 0.717) is 30.5 Å². The molecule has 1 unspecified atom stereocenters. The van der Waals surface area contributed by atoms with Crippen molar-refractivity contribution in [3.05, 3.63) is 35.1 Å². The highest BCUT2D eigenvalue weighted by Gasteiger charge is 2.20. The molecule has 96 valence electrons. The van der Waals surface area contributed by atoms with Crippen LogP contribution in [0.3, 0.4) is 0 Å². The van der Waals surface area contributed by atoms with E-state index >= 15 is 0 Å². The van der Waals surface area contributed by atoms with Gasteiger partial charge in [-0.25, -0.2) is 4.39 Å². The first-order valence-corrected chi connectivity index (χ1v) is 5.89. The molecular formula is C13H15FN2O2. The van der Waals surface area contributed by atoms with Crippen molar-refractivity contribution < 1.29 is 14.0 Å². The number of piperidine rings is 1. The average molecular weight is 250 g/mol. The van der Waals surface area contributed by atoms with Gasteiger partial charge in [-0.05, 0) is 37.1 Å². The topological polar surface area (TPSA) is 58.2 Å². The maximum atomic E-state index is 13.2. The van der Waals surface area contributed by atoms with E-state index in [2.05, 4.69) is 10.6 Å². The number of carbonyl (C=O) groups is 2. The number of carbonyl (C=O) groups excluding carboxylic acids is 2. The molecule has 2 rings (SSSR count). The zero-order valence-corrected chi connectivity index (χ0v) is 10.1. The summed E-state index contributed by atoms with van der Waals surface area (Å²) in [6.07, 6.45) is 1.03. The summed E-state index contributed by atoms with van der Waals surface area (Å²) in [6, 6.07) is 4.14. The normalized spacial score (nSPS) is 19.2. The Labute approximate surface area is 105 Å². The molecule has 5 heteroatoms. The van der Waals surface area contributed by atoms with Gasteiger partial charge in [-0.3, -0.25) is 9.59 Å². The van der Waals surface area contributed by atoms with Gasteiger partial charge in [0.25, 0.3) is 5.91 Å². The van der Waals surface area contributed by atoms with Crippen molar-refractivity contribution in [2.45, 2.75) is 25.8 Å². The molecule has 18 heavy (non-hydrogen) atoms. The first kappa shape index (κ1) is 12.5. The van der Waals surface area contributed by atoms with Gasteiger partial charge in [0.05, 0.1) is 0 Å². The Morgan fingerprint density at radius 2 is 2.22 bits per heavy atom. The lowest BCUT2D eigenvalue weighted by Crippen LogP contribution is -2.47. The molecule has 1 aromatic carbocycles. The number of hydrogen-bond donors (Lipinski definition) is 2. The lowest BCUT2D eigenvalue weighted by molar-refractivity contribution is -0.122. The third-order valence-corrected chi connectivity index (χ3v) is 2.91. The van der Waals surface area contributed by atoms with Gasteiger partial charge >= 0.3 is 0 Å². The second-order valence-corrected chi connectivity index (χ2v) is 4.53. The molecule has 0 saturated carbocycles. The molecule has 1 aliphatic rings. The average Bonchev–Trinajstić information content (AvgIpc) is 2.31. The molecule has 0 aliphatic carbocycles. The molecule has 4 nitrogen and oxygen atoms in total. The molecule has 0 bridgehead atoms. The summed E-state index contributed by atoms with van der Waals surface area (Å²) in [5.74, 6) is -0.724. The SMILES string of the molecule is Cc1cc(F)cc(C(=O)NC2CCC(=O)NC2)c1. The van der Waals surface area contributed by atoms with E-state index in [1.807, 2.05) is 0 Å². The summed E-state index contributed by atoms with van der Waals surface area (Å²) < 4.78 is 13.2. The summed E-state index contributed by atoms with van der Waals surface area (Å²) >= 11 is 0. The maximum Gasteiger partial charge on any atom is 0.251 e. The van der Waals surface area contributed by atoms with E-state index < -0.39 is 5.82 Å². The molecule has 2 N–H and O–H groups in total. The number of rotatable bonds is 2. The quantitative estimate of drug-likeness (QED) is 0.827. The third kappa shape index (κ3) is 3.06. The number of halogens is 1. The van der Waals surface area contributed by atoms with Crippen LogP contribution in [0.15, 0.2) is 18.2 Å². The van der Waals surface area contributed by atoms with E-state index in [1.54, 1.807) is 13.0 Å². The van der Waals surface area contributed by atoms with Crippen LogP contribution < -0.4 is 10.6 Å². The molecule has 1 aromatic rings. The number of hydrogen-bond acceptors (Lipinski definition) is 2. The fourth-order valence-electron chi connectivity index (χ4n) is 1.99. The van der Waals surface area contributed by atoms with Crippen LogP contribution in [-0.2, 0) is 4.79 Å². The molecule has 0 spiro atoms. The highest BCUT2D eigenvalue weighted by molar-refractivity contribution is 5.94. The van der Waals surface area contributed by atoms with Crippen LogP contribution in [0.2, 0.25) is 0 Å². The first-order chi connectivity index (χ1) is 8.54. The zero-order chi connectivity index (χ0) is 13.1. The van der Waals surface area contributed by atoms with Crippen LogP contribution in [0.25, 0.3) is 0 Å². The van der Waals surface area contributed by atoms with Crippen LogP contribution in [-0.4, -0.2) is 24.4 Å². The van der Waals surface area contributed by atoms with E-state index in [-0.39, 0.29) is 17.9 Å². The van der Waals surface area contributed by atoms with Crippen molar-refractivity contribution in [1.82, 2.24) is 10.6 Å². The van der Waals surface area contributed by atoms with Gasteiger partial charge in [-0.1, -0.05) is 0 Å². The van der Waals surface area contributed by atoms with Crippen molar-refractivity contribution in [2.24, 2.45) is 0 Å². The standard InChI is InChI=1S/C13H15FN2O2/c1-8-4-9(6-10(14)5-8)13(18)16-11-2-3-12(17)15-7-11/h4-6,11H,2-3,7H2,1H3,(H,15,17)(H,16,18). The predicted octanol–water partition coefficient (Wildman–Crippen LogP) is 1.14. The Morgan fingerprint density at radius 1 is 1.44 bits per heavy atom. The highest BCUT2D eigenvalue weighted by Crippen LogP contribution is 2.10. The number of benzene rings is 1. The minimum atomic E-state index is -0.419. The summed E-state index contributed by atoms with van der Waals surface area (Å²) in [5.41, 5.74) is 1.02. The second-order valence-electron chi connectivity index (χ2n) is 4.53. The van der Waals surface area contributed by atoms with Gasteiger partial charge in [0, 0.05) is 24.6 Å². The van der Waals surface area contributed by atoms with Gasteiger partial charge in [0.15, 0.2) is 0 Å². The van der Waals surface area contributed by atoms with Crippen LogP contribution in [0.1, 0.15) is 28.8 Å². The second kappa shape index (κ2) is 5.16. The van der Waals surface area contributed by atoms with Crippen molar-refractivity contribution in [3.8, 4) is 0 Å². The lowest BCUT2D eigenvalue weighted by Gasteiger charge is -2.23. The Kier molecular flexibility index (Phi) is 3.60. The van der Waals surface area contributed by atoms with E-state index in [4.69, 9.17) is 0 Å². The first-order valence-electron chi connectivity index (χ1n) is 5.89. The van der Waals surface area contributed by atoms with E-state index in [0.717, 1.165) is 0 Å². The van der Waals surface area contributed by atoms with Crippen LogP contribution in [0, 0.1) is 12.7 Å². The monoisotopic (exact) mass is 250 g/mol. The van der Waals surface area contributed by atoms with Gasteiger partial charge in [-0.15, -0.1) is 0 Å². The molecule has 1 aliphatic heterocycles. The smallest absolute Gasteiger partial charge is 0.251 e. The minimum absolute atomic E-state index is 0.00194. The van der Waals surface area contributed by atoms with Crippen LogP contribution in [0.5, 0.6) is 0 Å². The fraction of sp³-hybridized carbons (Fsp3) is 0.385. The fourth-order valence-corrected chi connectivity index (χ4v) is 1.99. The number of aryl methyl sites for hydroxylation is 1. The Balaban J connectivity index is 2.01. The highest BCUT2D eigenvalue weighted by atomic mass is 19.1. The van der Waals surface area contributed by atoms with Crippen LogP contribution in [0.4, 0.5) is 4.39 Å². The largest absolute Gasteiger partial charge is 0.354 e. The molecule has 2 amide bonds. The molecule has 1 fully saturated rings. The molecular weight excluding hydrogens is 235 g/mol. The molecule has 1 saturated heterocycles. The van der Waals surface area contributed by atoms with Gasteiger partial charge in [0.2, 0.25) is 5.91 Å². The van der Waals surface area contributed by atoms with E-state index in [9.17, 15) is 14.0 Å². The number of amides is 2. The van der Waals surface area contributed by atoms with E-state index in [1.165, 1.54) is 12.1 Å². The summed E-state index contributed by atoms with van der Waals surface area (Å²) in [6.45, 7) is 2.17. The Bertz CT molecular complexity index is 458. The van der Waals surface area contributed by atoms with Crippen LogP contribution >= 0.6 is 0 Å². The molecule has 1 heterocycles. The molecule has 0 radical (unpaired) electrons. The summed E-state index contributed by atoms with van der Waals surface area (Å²) in [7, 11) is 0. The van der Waals surface area contributed by atoms with Gasteiger partial charge < -0.3 is 10.6 Å². The van der Waals surface area contributed by atoms with Gasteiger partial charge in [-0.2, -0.15) is 0 Å². The predicted molar refractivity (Wildman–Crippen MR) is 64.6 cm³/mol. The van der Waals surface area contributed by atoms with Crippen molar-refractivity contribution >= 4 is 11.8 Å². The van der Waals surface area contributed by atoms with Crippen molar-refractivity contribution in [2.75, 3.05) is 6.54 Å². The minimum Gasteiger partial charge on any atom is -0.354 e. The van der Waals surface area contributed by atoms with Crippen molar-refractivity contribution in [1.29, 1.82) is 0 Å². The Morgan fingerprint density at radius 3 is 2.83 bits per heavy atom. The molecule has 0 aromatic heterocycles.